The molecule has 0 aliphatic heterocycles. The molecule has 0 spiro atoms. The van der Waals surface area contributed by atoms with Gasteiger partial charge in [0, 0.05) is 30.6 Å². The van der Waals surface area contributed by atoms with Crippen molar-refractivity contribution in [3.05, 3.63) is 59.1 Å². The number of carbonyl (C=O) groups excluding carboxylic acids is 2. The summed E-state index contributed by atoms with van der Waals surface area (Å²) in [6.07, 6.45) is 5.57. The molecular weight excluding hydrogens is 526 g/mol. The second kappa shape index (κ2) is 13.8. The molecule has 2 amide bonds. The number of rotatable bonds is 13. The van der Waals surface area contributed by atoms with Crippen molar-refractivity contribution in [1.29, 1.82) is 0 Å². The van der Waals surface area contributed by atoms with Crippen molar-refractivity contribution in [2.24, 2.45) is 0 Å². The zero-order chi connectivity index (χ0) is 27.7. The number of para-hydroxylation sites is 2. The van der Waals surface area contributed by atoms with Gasteiger partial charge in [0.05, 0.1) is 18.6 Å². The van der Waals surface area contributed by atoms with Crippen LogP contribution in [0.3, 0.4) is 0 Å². The molecule has 0 aromatic heterocycles. The van der Waals surface area contributed by atoms with Crippen molar-refractivity contribution >= 4 is 39.1 Å². The smallest absolute Gasteiger partial charge is 0.242 e. The lowest BCUT2D eigenvalue weighted by atomic mass is 10.1. The number of halogens is 1. The summed E-state index contributed by atoms with van der Waals surface area (Å²) in [5, 5.41) is 3.64. The fourth-order valence-corrected chi connectivity index (χ4v) is 5.91. The molecule has 208 valence electrons. The zero-order valence-corrected chi connectivity index (χ0v) is 23.9. The molecule has 10 heteroatoms. The van der Waals surface area contributed by atoms with Gasteiger partial charge in [0.15, 0.2) is 0 Å². The highest BCUT2D eigenvalue weighted by atomic mass is 35.5. The minimum Gasteiger partial charge on any atom is -0.492 e. The standard InChI is InChI=1S/C28H38ClN3O5S/c1-4-37-26-16-8-7-15-25(26)32(38(3,35)36)18-10-17-27(33)31(20-22-11-9-12-23(29)19-22)21(2)28(34)30-24-13-5-6-14-24/h7-9,11-12,15-16,19,21,24H,4-6,10,13-14,17-18,20H2,1-3H3,(H,30,34)/t21-/m1/s1. The van der Waals surface area contributed by atoms with Gasteiger partial charge in [-0.25, -0.2) is 8.42 Å². The highest BCUT2D eigenvalue weighted by Crippen LogP contribution is 2.30. The maximum absolute atomic E-state index is 13.5. The van der Waals surface area contributed by atoms with E-state index in [1.54, 1.807) is 48.2 Å². The van der Waals surface area contributed by atoms with E-state index >= 15 is 0 Å². The predicted molar refractivity (Wildman–Crippen MR) is 151 cm³/mol. The topological polar surface area (TPSA) is 96.0 Å². The first kappa shape index (κ1) is 29.8. The Bertz CT molecular complexity index is 1200. The lowest BCUT2D eigenvalue weighted by molar-refractivity contribution is -0.141. The van der Waals surface area contributed by atoms with E-state index < -0.39 is 16.1 Å². The number of amides is 2. The van der Waals surface area contributed by atoms with Crippen LogP contribution in [0.2, 0.25) is 5.02 Å². The lowest BCUT2D eigenvalue weighted by Crippen LogP contribution is -2.49. The predicted octanol–water partition coefficient (Wildman–Crippen LogP) is 4.76. The van der Waals surface area contributed by atoms with Crippen LogP contribution in [0.25, 0.3) is 0 Å². The summed E-state index contributed by atoms with van der Waals surface area (Å²) in [7, 11) is -3.62. The van der Waals surface area contributed by atoms with E-state index in [9.17, 15) is 18.0 Å². The van der Waals surface area contributed by atoms with Gasteiger partial charge in [0.25, 0.3) is 0 Å². The molecule has 38 heavy (non-hydrogen) atoms. The van der Waals surface area contributed by atoms with Crippen LogP contribution in [0.5, 0.6) is 5.75 Å². The van der Waals surface area contributed by atoms with Crippen LogP contribution in [-0.4, -0.2) is 56.6 Å². The number of benzene rings is 2. The molecule has 0 unspecified atom stereocenters. The number of anilines is 1. The van der Waals surface area contributed by atoms with Gasteiger partial charge in [-0.05, 0) is 62.9 Å². The zero-order valence-electron chi connectivity index (χ0n) is 22.4. The number of hydrogen-bond acceptors (Lipinski definition) is 5. The van der Waals surface area contributed by atoms with Crippen LogP contribution in [-0.2, 0) is 26.2 Å². The van der Waals surface area contributed by atoms with E-state index in [1.165, 1.54) is 4.31 Å². The maximum Gasteiger partial charge on any atom is 0.242 e. The van der Waals surface area contributed by atoms with Crippen LogP contribution < -0.4 is 14.4 Å². The first-order valence-electron chi connectivity index (χ1n) is 13.1. The summed E-state index contributed by atoms with van der Waals surface area (Å²) in [6, 6.07) is 13.6. The number of ether oxygens (including phenoxy) is 1. The Labute approximate surface area is 231 Å². The number of nitrogens with zero attached hydrogens (tertiary/aromatic N) is 2. The molecule has 1 atom stereocenters. The fraction of sp³-hybridized carbons (Fsp3) is 0.500. The van der Waals surface area contributed by atoms with Gasteiger partial charge in [-0.2, -0.15) is 0 Å². The van der Waals surface area contributed by atoms with E-state index in [-0.39, 0.29) is 43.8 Å². The van der Waals surface area contributed by atoms with Crippen molar-refractivity contribution in [3.63, 3.8) is 0 Å². The fourth-order valence-electron chi connectivity index (χ4n) is 4.73. The number of sulfonamides is 1. The maximum atomic E-state index is 13.5. The molecule has 1 N–H and O–H groups in total. The highest BCUT2D eigenvalue weighted by Gasteiger charge is 2.29. The molecule has 0 radical (unpaired) electrons. The third kappa shape index (κ3) is 8.36. The second-order valence-electron chi connectivity index (χ2n) is 9.66. The molecule has 8 nitrogen and oxygen atoms in total. The normalized spacial score (nSPS) is 14.6. The van der Waals surface area contributed by atoms with E-state index in [0.29, 0.717) is 23.1 Å². The van der Waals surface area contributed by atoms with E-state index in [1.807, 2.05) is 19.1 Å². The highest BCUT2D eigenvalue weighted by molar-refractivity contribution is 7.92. The summed E-state index contributed by atoms with van der Waals surface area (Å²) in [4.78, 5) is 28.1. The van der Waals surface area contributed by atoms with Crippen LogP contribution in [0, 0.1) is 0 Å². The van der Waals surface area contributed by atoms with Gasteiger partial charge >= 0.3 is 0 Å². The third-order valence-electron chi connectivity index (χ3n) is 6.70. The summed E-state index contributed by atoms with van der Waals surface area (Å²) < 4.78 is 32.2. The lowest BCUT2D eigenvalue weighted by Gasteiger charge is -2.30. The first-order chi connectivity index (χ1) is 18.1. The minimum atomic E-state index is -3.62. The van der Waals surface area contributed by atoms with E-state index in [2.05, 4.69) is 5.32 Å². The average molecular weight is 564 g/mol. The molecule has 2 aromatic carbocycles. The third-order valence-corrected chi connectivity index (χ3v) is 8.11. The quantitative estimate of drug-likeness (QED) is 0.379. The first-order valence-corrected chi connectivity index (χ1v) is 15.4. The SMILES string of the molecule is CCOc1ccccc1N(CCCC(=O)N(Cc1cccc(Cl)c1)[C@H](C)C(=O)NC1CCCC1)S(C)(=O)=O. The van der Waals surface area contributed by atoms with Crippen molar-refractivity contribution in [1.82, 2.24) is 10.2 Å². The largest absolute Gasteiger partial charge is 0.492 e. The molecule has 0 saturated heterocycles. The average Bonchev–Trinajstić information content (AvgIpc) is 3.38. The van der Waals surface area contributed by atoms with Crippen molar-refractivity contribution in [2.45, 2.75) is 71.0 Å². The molecule has 2 aromatic rings. The van der Waals surface area contributed by atoms with Gasteiger partial charge in [0.2, 0.25) is 21.8 Å². The molecular formula is C28H38ClN3O5S. The van der Waals surface area contributed by atoms with Crippen LogP contribution in [0.1, 0.15) is 57.9 Å². The van der Waals surface area contributed by atoms with Gasteiger partial charge < -0.3 is 15.0 Å². The Morgan fingerprint density at radius 2 is 1.84 bits per heavy atom. The van der Waals surface area contributed by atoms with Gasteiger partial charge in [-0.1, -0.05) is 48.7 Å². The Kier molecular flexibility index (Phi) is 10.8. The van der Waals surface area contributed by atoms with Crippen molar-refractivity contribution in [2.75, 3.05) is 23.7 Å². The van der Waals surface area contributed by atoms with Crippen LogP contribution in [0.15, 0.2) is 48.5 Å². The molecule has 3 rings (SSSR count). The molecule has 0 bridgehead atoms. The van der Waals surface area contributed by atoms with Crippen LogP contribution >= 0.6 is 11.6 Å². The summed E-state index contributed by atoms with van der Waals surface area (Å²) in [6.45, 7) is 4.28. The summed E-state index contributed by atoms with van der Waals surface area (Å²) >= 11 is 6.16. The molecule has 1 aliphatic carbocycles. The summed E-state index contributed by atoms with van der Waals surface area (Å²) in [5.41, 5.74) is 1.25. The Hall–Kier alpha value is -2.78. The Balaban J connectivity index is 1.74. The summed E-state index contributed by atoms with van der Waals surface area (Å²) in [5.74, 6) is 0.0489. The monoisotopic (exact) mass is 563 g/mol. The molecule has 1 aliphatic rings. The van der Waals surface area contributed by atoms with Crippen molar-refractivity contribution < 1.29 is 22.7 Å². The number of nitrogens with one attached hydrogen (secondary N) is 1. The Morgan fingerprint density at radius 1 is 1.13 bits per heavy atom. The second-order valence-corrected chi connectivity index (χ2v) is 12.0. The van der Waals surface area contributed by atoms with Crippen molar-refractivity contribution in [3.8, 4) is 5.75 Å². The molecule has 1 saturated carbocycles. The van der Waals surface area contributed by atoms with Gasteiger partial charge in [-0.15, -0.1) is 0 Å². The van der Waals surface area contributed by atoms with Gasteiger partial charge in [0.1, 0.15) is 11.8 Å². The van der Waals surface area contributed by atoms with Gasteiger partial charge in [-0.3, -0.25) is 13.9 Å². The molecule has 1 fully saturated rings. The number of hydrogen-bond donors (Lipinski definition) is 1. The van der Waals surface area contributed by atoms with Crippen LogP contribution in [0.4, 0.5) is 5.69 Å². The minimum absolute atomic E-state index is 0.0738. The van der Waals surface area contributed by atoms with E-state index in [4.69, 9.17) is 16.3 Å². The molecule has 0 heterocycles. The Morgan fingerprint density at radius 3 is 2.50 bits per heavy atom. The van der Waals surface area contributed by atoms with E-state index in [0.717, 1.165) is 37.5 Å². The number of carbonyl (C=O) groups is 2.